The van der Waals surface area contributed by atoms with E-state index in [4.69, 9.17) is 5.73 Å². The average molecular weight is 222 g/mol. The van der Waals surface area contributed by atoms with E-state index in [1.807, 2.05) is 0 Å². The molecule has 84 valence electrons. The van der Waals surface area contributed by atoms with Crippen LogP contribution in [0.15, 0.2) is 18.2 Å². The van der Waals surface area contributed by atoms with Crippen molar-refractivity contribution in [2.24, 2.45) is 5.73 Å². The van der Waals surface area contributed by atoms with Crippen molar-refractivity contribution in [2.75, 3.05) is 11.9 Å². The van der Waals surface area contributed by atoms with E-state index in [0.29, 0.717) is 23.5 Å². The molecule has 0 bridgehead atoms. The normalized spacial score (nSPS) is 10.6. The number of imidazole rings is 1. The van der Waals surface area contributed by atoms with Gasteiger partial charge in [-0.15, -0.1) is 0 Å². The fourth-order valence-electron chi connectivity index (χ4n) is 1.37. The summed E-state index contributed by atoms with van der Waals surface area (Å²) in [6.07, 6.45) is 0.228. The highest BCUT2D eigenvalue weighted by molar-refractivity contribution is 5.77. The Hall–Kier alpha value is -2.11. The van der Waals surface area contributed by atoms with Crippen LogP contribution in [0.2, 0.25) is 0 Å². The second-order valence-corrected chi connectivity index (χ2v) is 3.39. The lowest BCUT2D eigenvalue weighted by Gasteiger charge is -1.98. The summed E-state index contributed by atoms with van der Waals surface area (Å²) >= 11 is 0. The number of anilines is 1. The number of rotatable bonds is 4. The lowest BCUT2D eigenvalue weighted by molar-refractivity contribution is -0.117. The first kappa shape index (κ1) is 10.4. The van der Waals surface area contributed by atoms with Crippen LogP contribution in [0.1, 0.15) is 6.42 Å². The zero-order valence-corrected chi connectivity index (χ0v) is 8.46. The van der Waals surface area contributed by atoms with Crippen LogP contribution in [-0.2, 0) is 4.79 Å². The maximum absolute atomic E-state index is 12.9. The van der Waals surface area contributed by atoms with Crippen LogP contribution in [0.5, 0.6) is 0 Å². The molecule has 0 atom stereocenters. The standard InChI is InChI=1S/C10H11FN4O/c11-6-1-2-7-8(5-6)15-10(14-7)13-4-3-9(12)16/h1-2,5H,3-4H2,(H2,12,16)(H2,13,14,15). The molecule has 0 unspecified atom stereocenters. The number of halogens is 1. The van der Waals surface area contributed by atoms with Gasteiger partial charge in [0.25, 0.3) is 0 Å². The van der Waals surface area contributed by atoms with Crippen molar-refractivity contribution in [3.8, 4) is 0 Å². The Balaban J connectivity index is 2.10. The molecule has 5 nitrogen and oxygen atoms in total. The molecule has 0 fully saturated rings. The number of carbonyl (C=O) groups is 1. The van der Waals surface area contributed by atoms with Crippen LogP contribution in [0.25, 0.3) is 11.0 Å². The fourth-order valence-corrected chi connectivity index (χ4v) is 1.37. The number of fused-ring (bicyclic) bond motifs is 1. The van der Waals surface area contributed by atoms with Crippen molar-refractivity contribution in [1.29, 1.82) is 0 Å². The van der Waals surface area contributed by atoms with Gasteiger partial charge in [-0.05, 0) is 18.2 Å². The van der Waals surface area contributed by atoms with Crippen molar-refractivity contribution in [2.45, 2.75) is 6.42 Å². The van der Waals surface area contributed by atoms with E-state index in [2.05, 4.69) is 15.3 Å². The van der Waals surface area contributed by atoms with Gasteiger partial charge in [-0.25, -0.2) is 9.37 Å². The molecule has 0 aliphatic heterocycles. The number of amides is 1. The molecular formula is C10H11FN4O. The lowest BCUT2D eigenvalue weighted by atomic mass is 10.3. The van der Waals surface area contributed by atoms with Crippen LogP contribution in [-0.4, -0.2) is 22.4 Å². The molecule has 0 aliphatic carbocycles. The minimum absolute atomic E-state index is 0.228. The Bertz CT molecular complexity index is 523. The first-order valence-corrected chi connectivity index (χ1v) is 4.82. The van der Waals surface area contributed by atoms with Gasteiger partial charge in [0.2, 0.25) is 11.9 Å². The van der Waals surface area contributed by atoms with E-state index in [-0.39, 0.29) is 18.1 Å². The second kappa shape index (κ2) is 4.18. The molecular weight excluding hydrogens is 211 g/mol. The molecule has 1 aromatic heterocycles. The van der Waals surface area contributed by atoms with Crippen LogP contribution in [0, 0.1) is 5.82 Å². The van der Waals surface area contributed by atoms with Gasteiger partial charge in [-0.2, -0.15) is 0 Å². The Morgan fingerprint density at radius 1 is 1.56 bits per heavy atom. The second-order valence-electron chi connectivity index (χ2n) is 3.39. The summed E-state index contributed by atoms with van der Waals surface area (Å²) in [6.45, 7) is 0.400. The predicted octanol–water partition coefficient (Wildman–Crippen LogP) is 0.989. The average Bonchev–Trinajstić information content (AvgIpc) is 2.58. The molecule has 1 amide bonds. The topological polar surface area (TPSA) is 83.8 Å². The maximum atomic E-state index is 12.9. The maximum Gasteiger partial charge on any atom is 0.219 e. The first-order valence-electron chi connectivity index (χ1n) is 4.82. The minimum atomic E-state index is -0.380. The number of primary amides is 1. The molecule has 6 heteroatoms. The molecule has 1 heterocycles. The third kappa shape index (κ3) is 2.28. The molecule has 0 spiro atoms. The molecule has 2 aromatic rings. The number of carbonyl (C=O) groups excluding carboxylic acids is 1. The summed E-state index contributed by atoms with van der Waals surface area (Å²) in [5.74, 6) is -0.198. The number of nitrogens with zero attached hydrogens (tertiary/aromatic N) is 1. The van der Waals surface area contributed by atoms with Crippen LogP contribution < -0.4 is 11.1 Å². The molecule has 1 aromatic carbocycles. The Labute approximate surface area is 90.9 Å². The molecule has 0 radical (unpaired) electrons. The SMILES string of the molecule is NC(=O)CCNc1nc2ccc(F)cc2[nH]1. The molecule has 4 N–H and O–H groups in total. The Kier molecular flexibility index (Phi) is 2.72. The zero-order chi connectivity index (χ0) is 11.5. The third-order valence-corrected chi connectivity index (χ3v) is 2.11. The van der Waals surface area contributed by atoms with Gasteiger partial charge in [-0.3, -0.25) is 4.79 Å². The van der Waals surface area contributed by atoms with E-state index < -0.39 is 0 Å². The third-order valence-electron chi connectivity index (χ3n) is 2.11. The monoisotopic (exact) mass is 222 g/mol. The number of hydrogen-bond donors (Lipinski definition) is 3. The number of aromatic nitrogens is 2. The molecule has 0 saturated heterocycles. The molecule has 2 rings (SSSR count). The summed E-state index contributed by atoms with van der Waals surface area (Å²) in [5.41, 5.74) is 6.27. The Morgan fingerprint density at radius 3 is 3.12 bits per heavy atom. The van der Waals surface area contributed by atoms with Crippen LogP contribution in [0.3, 0.4) is 0 Å². The molecule has 0 saturated carbocycles. The minimum Gasteiger partial charge on any atom is -0.370 e. The highest BCUT2D eigenvalue weighted by Gasteiger charge is 2.03. The van der Waals surface area contributed by atoms with Gasteiger partial charge < -0.3 is 16.0 Å². The van der Waals surface area contributed by atoms with Crippen molar-refractivity contribution in [3.63, 3.8) is 0 Å². The van der Waals surface area contributed by atoms with Gasteiger partial charge in [-0.1, -0.05) is 0 Å². The van der Waals surface area contributed by atoms with Crippen molar-refractivity contribution < 1.29 is 9.18 Å². The quantitative estimate of drug-likeness (QED) is 0.721. The van der Waals surface area contributed by atoms with Crippen LogP contribution >= 0.6 is 0 Å². The summed E-state index contributed by atoms with van der Waals surface area (Å²) in [5, 5.41) is 2.89. The summed E-state index contributed by atoms with van der Waals surface area (Å²) in [4.78, 5) is 17.6. The summed E-state index contributed by atoms with van der Waals surface area (Å²) in [6, 6.07) is 4.29. The highest BCUT2D eigenvalue weighted by Crippen LogP contribution is 2.15. The number of aromatic amines is 1. The summed E-state index contributed by atoms with van der Waals surface area (Å²) < 4.78 is 12.9. The Morgan fingerprint density at radius 2 is 2.38 bits per heavy atom. The summed E-state index contributed by atoms with van der Waals surface area (Å²) in [7, 11) is 0. The van der Waals surface area contributed by atoms with Crippen molar-refractivity contribution in [3.05, 3.63) is 24.0 Å². The highest BCUT2D eigenvalue weighted by atomic mass is 19.1. The largest absolute Gasteiger partial charge is 0.370 e. The van der Waals surface area contributed by atoms with Crippen molar-refractivity contribution >= 4 is 22.9 Å². The van der Waals surface area contributed by atoms with E-state index in [0.717, 1.165) is 0 Å². The van der Waals surface area contributed by atoms with Crippen LogP contribution in [0.4, 0.5) is 10.3 Å². The van der Waals surface area contributed by atoms with Gasteiger partial charge in [0.1, 0.15) is 5.82 Å². The zero-order valence-electron chi connectivity index (χ0n) is 8.46. The van der Waals surface area contributed by atoms with Gasteiger partial charge in [0.05, 0.1) is 11.0 Å². The number of H-pyrrole nitrogens is 1. The van der Waals surface area contributed by atoms with E-state index >= 15 is 0 Å². The molecule has 0 aliphatic rings. The van der Waals surface area contributed by atoms with Crippen molar-refractivity contribution in [1.82, 2.24) is 9.97 Å². The predicted molar refractivity (Wildman–Crippen MR) is 58.4 cm³/mol. The van der Waals surface area contributed by atoms with E-state index in [1.165, 1.54) is 12.1 Å². The lowest BCUT2D eigenvalue weighted by Crippen LogP contribution is -2.16. The van der Waals surface area contributed by atoms with Gasteiger partial charge in [0, 0.05) is 13.0 Å². The fraction of sp³-hybridized carbons (Fsp3) is 0.200. The smallest absolute Gasteiger partial charge is 0.219 e. The number of hydrogen-bond acceptors (Lipinski definition) is 3. The van der Waals surface area contributed by atoms with E-state index in [9.17, 15) is 9.18 Å². The van der Waals surface area contributed by atoms with E-state index in [1.54, 1.807) is 6.07 Å². The number of nitrogens with two attached hydrogens (primary N) is 1. The number of nitrogens with one attached hydrogen (secondary N) is 2. The first-order chi connectivity index (χ1) is 7.65. The number of benzene rings is 1. The van der Waals surface area contributed by atoms with Gasteiger partial charge >= 0.3 is 0 Å². The van der Waals surface area contributed by atoms with Gasteiger partial charge in [0.15, 0.2) is 0 Å². The molecule has 16 heavy (non-hydrogen) atoms.